The second-order valence-corrected chi connectivity index (χ2v) is 14.0. The van der Waals surface area contributed by atoms with E-state index in [0.717, 1.165) is 43.6 Å². The third-order valence-electron chi connectivity index (χ3n) is 9.36. The lowest BCUT2D eigenvalue weighted by Crippen LogP contribution is -2.25. The maximum Gasteiger partial charge on any atom is 0.330 e. The van der Waals surface area contributed by atoms with Gasteiger partial charge < -0.3 is 29.3 Å². The zero-order valence-electron chi connectivity index (χ0n) is 35.0. The van der Waals surface area contributed by atoms with Crippen molar-refractivity contribution in [3.05, 3.63) is 95.6 Å². The number of azo groups is 1. The van der Waals surface area contributed by atoms with Gasteiger partial charge in [0.15, 0.2) is 0 Å². The molecule has 0 aliphatic carbocycles. The smallest absolute Gasteiger partial charge is 0.330 e. The van der Waals surface area contributed by atoms with Crippen molar-refractivity contribution in [1.82, 2.24) is 0 Å². The van der Waals surface area contributed by atoms with Crippen molar-refractivity contribution in [2.75, 3.05) is 55.3 Å². The summed E-state index contributed by atoms with van der Waals surface area (Å²) in [5, 5.41) is 20.4. The number of nitrogens with one attached hydrogen (secondary N) is 2. The first-order valence-corrected chi connectivity index (χ1v) is 20.7. The van der Waals surface area contributed by atoms with Crippen molar-refractivity contribution in [3.8, 4) is 11.5 Å². The Balaban J connectivity index is 1.91. The molecule has 14 heteroatoms. The lowest BCUT2D eigenvalue weighted by molar-refractivity contribution is -0.384. The van der Waals surface area contributed by atoms with E-state index in [-0.39, 0.29) is 32.1 Å². The van der Waals surface area contributed by atoms with Gasteiger partial charge in [0.05, 0.1) is 22.0 Å². The molecule has 0 saturated carbocycles. The molecule has 3 aromatic rings. The Morgan fingerprint density at radius 2 is 1.24 bits per heavy atom. The minimum Gasteiger partial charge on any atom is -0.488 e. The van der Waals surface area contributed by atoms with E-state index in [4.69, 9.17) is 18.9 Å². The van der Waals surface area contributed by atoms with E-state index in [1.54, 1.807) is 24.3 Å². The van der Waals surface area contributed by atoms with Gasteiger partial charge in [-0.15, -0.1) is 5.11 Å². The molecule has 0 aromatic heterocycles. The molecule has 59 heavy (non-hydrogen) atoms. The van der Waals surface area contributed by atoms with Crippen LogP contribution in [0.4, 0.5) is 34.1 Å². The standard InChI is InChI=1S/C45H62N6O8/c1-6-10-12-14-16-18-26-50(27-19-17-15-13-11-7-2)38-24-25-39(35(5)32-38)47-49-41-34-42(56-28-30-58-44(52)8-3)40(33-43(41)57-29-31-59-45(53)9-4)48-46-36-20-22-37(23-21-36)51(54)55/h8-9,20-25,32-34,46,48H,3-4,6-7,10-19,26-31H2,1-2,5H3. The van der Waals surface area contributed by atoms with Crippen LogP contribution in [-0.2, 0) is 19.1 Å². The van der Waals surface area contributed by atoms with Crippen LogP contribution in [0.15, 0.2) is 90.1 Å². The molecule has 0 spiro atoms. The Morgan fingerprint density at radius 3 is 1.78 bits per heavy atom. The summed E-state index contributed by atoms with van der Waals surface area (Å²) in [6.07, 6.45) is 17.1. The van der Waals surface area contributed by atoms with Gasteiger partial charge in [0.1, 0.15) is 43.6 Å². The lowest BCUT2D eigenvalue weighted by atomic mass is 10.1. The van der Waals surface area contributed by atoms with Gasteiger partial charge in [-0.2, -0.15) is 5.11 Å². The predicted octanol–water partition coefficient (Wildman–Crippen LogP) is 11.5. The number of benzene rings is 3. The molecule has 0 amide bonds. The van der Waals surface area contributed by atoms with E-state index < -0.39 is 16.9 Å². The first kappa shape index (κ1) is 47.5. The summed E-state index contributed by atoms with van der Waals surface area (Å²) in [4.78, 5) is 36.5. The number of hydrazine groups is 1. The van der Waals surface area contributed by atoms with Crippen LogP contribution in [0.5, 0.6) is 11.5 Å². The number of anilines is 3. The number of esters is 2. The fourth-order valence-electron chi connectivity index (χ4n) is 6.06. The molecule has 0 bridgehead atoms. The van der Waals surface area contributed by atoms with E-state index in [1.165, 1.54) is 82.0 Å². The summed E-state index contributed by atoms with van der Waals surface area (Å²) in [5.41, 5.74) is 10.1. The molecular weight excluding hydrogens is 753 g/mol. The van der Waals surface area contributed by atoms with Gasteiger partial charge in [-0.25, -0.2) is 9.59 Å². The molecule has 0 aliphatic heterocycles. The zero-order valence-corrected chi connectivity index (χ0v) is 35.0. The van der Waals surface area contributed by atoms with E-state index >= 15 is 0 Å². The largest absolute Gasteiger partial charge is 0.488 e. The zero-order chi connectivity index (χ0) is 42.7. The summed E-state index contributed by atoms with van der Waals surface area (Å²) in [6.45, 7) is 15.3. The number of nitrogens with zero attached hydrogens (tertiary/aromatic N) is 4. The quantitative estimate of drug-likeness (QED) is 0.0158. The van der Waals surface area contributed by atoms with Gasteiger partial charge in [-0.1, -0.05) is 91.2 Å². The van der Waals surface area contributed by atoms with Crippen molar-refractivity contribution >= 4 is 46.1 Å². The number of aryl methyl sites for hydroxylation is 1. The number of unbranched alkanes of at least 4 members (excludes halogenated alkanes) is 10. The number of carbonyl (C=O) groups is 2. The fourth-order valence-corrected chi connectivity index (χ4v) is 6.06. The number of hydrogen-bond donors (Lipinski definition) is 2. The average Bonchev–Trinajstić information content (AvgIpc) is 3.24. The summed E-state index contributed by atoms with van der Waals surface area (Å²) >= 11 is 0. The monoisotopic (exact) mass is 814 g/mol. The summed E-state index contributed by atoms with van der Waals surface area (Å²) in [6, 6.07) is 15.3. The Bertz CT molecular complexity index is 1780. The van der Waals surface area contributed by atoms with Crippen LogP contribution in [-0.4, -0.2) is 56.4 Å². The molecule has 320 valence electrons. The van der Waals surface area contributed by atoms with Crippen molar-refractivity contribution in [3.63, 3.8) is 0 Å². The molecule has 0 atom stereocenters. The van der Waals surface area contributed by atoms with Crippen LogP contribution in [0.1, 0.15) is 96.5 Å². The summed E-state index contributed by atoms with van der Waals surface area (Å²) in [5.74, 6) is -0.572. The Morgan fingerprint density at radius 1 is 0.695 bits per heavy atom. The number of nitro groups is 1. The highest BCUT2D eigenvalue weighted by Crippen LogP contribution is 2.40. The first-order valence-electron chi connectivity index (χ1n) is 20.7. The molecule has 0 unspecified atom stereocenters. The fraction of sp³-hybridized carbons (Fsp3) is 0.467. The molecule has 14 nitrogen and oxygen atoms in total. The molecule has 0 aliphatic rings. The van der Waals surface area contributed by atoms with Gasteiger partial charge in [0.25, 0.3) is 5.69 Å². The number of non-ortho nitro benzene ring substituents is 1. The molecule has 0 radical (unpaired) electrons. The number of rotatable bonds is 31. The van der Waals surface area contributed by atoms with Gasteiger partial charge in [0.2, 0.25) is 0 Å². The highest BCUT2D eigenvalue weighted by atomic mass is 16.6. The third-order valence-corrected chi connectivity index (χ3v) is 9.36. The minimum absolute atomic E-state index is 0.00417. The van der Waals surface area contributed by atoms with Crippen molar-refractivity contribution in [2.45, 2.75) is 97.8 Å². The molecule has 0 fully saturated rings. The highest BCUT2D eigenvalue weighted by molar-refractivity contribution is 5.81. The van der Waals surface area contributed by atoms with Crippen LogP contribution < -0.4 is 25.2 Å². The normalized spacial score (nSPS) is 10.8. The van der Waals surface area contributed by atoms with Crippen LogP contribution in [0.3, 0.4) is 0 Å². The van der Waals surface area contributed by atoms with Gasteiger partial charge in [-0.05, 0) is 55.7 Å². The van der Waals surface area contributed by atoms with Crippen LogP contribution in [0.25, 0.3) is 0 Å². The Kier molecular flexibility index (Phi) is 22.3. The lowest BCUT2D eigenvalue weighted by Gasteiger charge is -2.26. The van der Waals surface area contributed by atoms with E-state index in [1.807, 2.05) is 13.0 Å². The first-order chi connectivity index (χ1) is 28.7. The maximum atomic E-state index is 11.7. The van der Waals surface area contributed by atoms with Crippen molar-refractivity contribution < 1.29 is 33.5 Å². The molecule has 0 heterocycles. The van der Waals surface area contributed by atoms with Crippen LogP contribution in [0, 0.1) is 17.0 Å². The number of hydrogen-bond acceptors (Lipinski definition) is 13. The average molecular weight is 815 g/mol. The molecule has 2 N–H and O–H groups in total. The van der Waals surface area contributed by atoms with Gasteiger partial charge >= 0.3 is 11.9 Å². The second-order valence-electron chi connectivity index (χ2n) is 14.0. The molecule has 3 rings (SSSR count). The van der Waals surface area contributed by atoms with E-state index in [2.05, 4.69) is 65.1 Å². The summed E-state index contributed by atoms with van der Waals surface area (Å²) in [7, 11) is 0. The summed E-state index contributed by atoms with van der Waals surface area (Å²) < 4.78 is 22.3. The van der Waals surface area contributed by atoms with Crippen molar-refractivity contribution in [1.29, 1.82) is 0 Å². The van der Waals surface area contributed by atoms with Crippen LogP contribution >= 0.6 is 0 Å². The van der Waals surface area contributed by atoms with Crippen molar-refractivity contribution in [2.24, 2.45) is 10.2 Å². The molecule has 3 aromatic carbocycles. The van der Waals surface area contributed by atoms with Gasteiger partial charge in [-0.3, -0.25) is 15.5 Å². The number of nitro benzene ring substituents is 1. The minimum atomic E-state index is -0.587. The number of carbonyl (C=O) groups excluding carboxylic acids is 2. The second kappa shape index (κ2) is 27.7. The SMILES string of the molecule is C=CC(=O)OCCOc1cc(NNc2ccc([N+](=O)[O-])cc2)c(OCCOC(=O)C=C)cc1N=Nc1ccc(N(CCCCCCCC)CCCCCCCC)cc1C. The van der Waals surface area contributed by atoms with E-state index in [9.17, 15) is 19.7 Å². The molecular formula is C45H62N6O8. The third kappa shape index (κ3) is 18.0. The number of ether oxygens (including phenoxy) is 4. The predicted molar refractivity (Wildman–Crippen MR) is 234 cm³/mol. The Labute approximate surface area is 349 Å². The molecule has 0 saturated heterocycles. The van der Waals surface area contributed by atoms with E-state index in [0.29, 0.717) is 34.2 Å². The van der Waals surface area contributed by atoms with Crippen LogP contribution in [0.2, 0.25) is 0 Å². The topological polar surface area (TPSA) is 166 Å². The maximum absolute atomic E-state index is 11.7. The Hall–Kier alpha value is -5.92. The van der Waals surface area contributed by atoms with Gasteiger partial charge in [0, 0.05) is 55.2 Å². The highest BCUT2D eigenvalue weighted by Gasteiger charge is 2.15.